The van der Waals surface area contributed by atoms with Crippen molar-refractivity contribution >= 4 is 0 Å². The third-order valence-electron chi connectivity index (χ3n) is 4.55. The lowest BCUT2D eigenvalue weighted by molar-refractivity contribution is 0.215. The van der Waals surface area contributed by atoms with Crippen LogP contribution in [0.1, 0.15) is 31.4 Å². The Hall–Kier alpha value is -0.870. The summed E-state index contributed by atoms with van der Waals surface area (Å²) in [7, 11) is 2.04. The summed E-state index contributed by atoms with van der Waals surface area (Å²) in [6, 6.07) is 3.67. The Balaban J connectivity index is 1.56. The molecule has 3 rings (SSSR count). The molecular formula is C14H24N4. The average Bonchev–Trinajstić information content (AvgIpc) is 3.07. The third kappa shape index (κ3) is 2.45. The number of nitrogens with zero attached hydrogens (tertiary/aromatic N) is 3. The van der Waals surface area contributed by atoms with E-state index in [9.17, 15) is 0 Å². The van der Waals surface area contributed by atoms with E-state index >= 15 is 0 Å². The molecule has 2 aliphatic heterocycles. The largest absolute Gasteiger partial charge is 0.312 e. The van der Waals surface area contributed by atoms with Gasteiger partial charge >= 0.3 is 0 Å². The van der Waals surface area contributed by atoms with Crippen molar-refractivity contribution in [1.82, 2.24) is 20.0 Å². The lowest BCUT2D eigenvalue weighted by atomic mass is 10.0. The molecule has 0 amide bonds. The molecule has 0 aliphatic carbocycles. The molecule has 0 saturated carbocycles. The number of nitrogens with one attached hydrogen (secondary N) is 1. The van der Waals surface area contributed by atoms with Gasteiger partial charge in [0.1, 0.15) is 0 Å². The Labute approximate surface area is 109 Å². The van der Waals surface area contributed by atoms with Crippen molar-refractivity contribution in [3.8, 4) is 0 Å². The topological polar surface area (TPSA) is 33.1 Å². The van der Waals surface area contributed by atoms with Gasteiger partial charge in [-0.25, -0.2) is 0 Å². The Morgan fingerprint density at radius 2 is 2.33 bits per heavy atom. The molecule has 18 heavy (non-hydrogen) atoms. The van der Waals surface area contributed by atoms with Crippen LogP contribution in [-0.4, -0.2) is 46.4 Å². The SMILES string of the molecule is Cn1nccc1CCN1CCCC1C1CCCN1. The van der Waals surface area contributed by atoms with Crippen LogP contribution in [0.5, 0.6) is 0 Å². The smallest absolute Gasteiger partial charge is 0.0492 e. The fourth-order valence-electron chi connectivity index (χ4n) is 3.53. The zero-order valence-electron chi connectivity index (χ0n) is 11.3. The molecule has 2 atom stereocenters. The summed E-state index contributed by atoms with van der Waals surface area (Å²) < 4.78 is 2.00. The van der Waals surface area contributed by atoms with E-state index < -0.39 is 0 Å². The van der Waals surface area contributed by atoms with E-state index in [1.807, 2.05) is 17.9 Å². The molecule has 3 heterocycles. The van der Waals surface area contributed by atoms with Gasteiger partial charge in [-0.15, -0.1) is 0 Å². The van der Waals surface area contributed by atoms with Crippen LogP contribution < -0.4 is 5.32 Å². The molecule has 1 aromatic heterocycles. The second-order valence-corrected chi connectivity index (χ2v) is 5.64. The molecule has 2 unspecified atom stereocenters. The Morgan fingerprint density at radius 3 is 3.06 bits per heavy atom. The average molecular weight is 248 g/mol. The normalized spacial score (nSPS) is 29.2. The minimum Gasteiger partial charge on any atom is -0.312 e. The molecule has 4 nitrogen and oxygen atoms in total. The molecule has 1 aromatic rings. The fourth-order valence-corrected chi connectivity index (χ4v) is 3.53. The van der Waals surface area contributed by atoms with Crippen LogP contribution in [-0.2, 0) is 13.5 Å². The predicted octanol–water partition coefficient (Wildman–Crippen LogP) is 1.18. The van der Waals surface area contributed by atoms with E-state index in [0.717, 1.165) is 18.5 Å². The highest BCUT2D eigenvalue weighted by Crippen LogP contribution is 2.24. The van der Waals surface area contributed by atoms with E-state index in [-0.39, 0.29) is 0 Å². The second-order valence-electron chi connectivity index (χ2n) is 5.64. The van der Waals surface area contributed by atoms with Crippen LogP contribution >= 0.6 is 0 Å². The maximum atomic E-state index is 4.24. The summed E-state index contributed by atoms with van der Waals surface area (Å²) in [6.07, 6.45) is 8.50. The van der Waals surface area contributed by atoms with Crippen LogP contribution in [0.2, 0.25) is 0 Å². The Morgan fingerprint density at radius 1 is 1.39 bits per heavy atom. The van der Waals surface area contributed by atoms with Gasteiger partial charge < -0.3 is 5.32 Å². The number of hydrogen-bond donors (Lipinski definition) is 1. The van der Waals surface area contributed by atoms with E-state index in [2.05, 4.69) is 21.4 Å². The van der Waals surface area contributed by atoms with Gasteiger partial charge in [-0.05, 0) is 44.8 Å². The monoisotopic (exact) mass is 248 g/mol. The van der Waals surface area contributed by atoms with Crippen LogP contribution in [0.3, 0.4) is 0 Å². The molecule has 100 valence electrons. The molecule has 4 heteroatoms. The van der Waals surface area contributed by atoms with Gasteiger partial charge in [0.15, 0.2) is 0 Å². The van der Waals surface area contributed by atoms with Crippen LogP contribution in [0.15, 0.2) is 12.3 Å². The van der Waals surface area contributed by atoms with E-state index in [1.54, 1.807) is 0 Å². The summed E-state index contributed by atoms with van der Waals surface area (Å²) >= 11 is 0. The molecule has 0 aromatic carbocycles. The molecule has 0 spiro atoms. The molecule has 2 fully saturated rings. The van der Waals surface area contributed by atoms with Crippen molar-refractivity contribution in [3.05, 3.63) is 18.0 Å². The quantitative estimate of drug-likeness (QED) is 0.868. The zero-order valence-corrected chi connectivity index (χ0v) is 11.3. The van der Waals surface area contributed by atoms with Crippen LogP contribution in [0.25, 0.3) is 0 Å². The van der Waals surface area contributed by atoms with Crippen molar-refractivity contribution in [2.45, 2.75) is 44.2 Å². The van der Waals surface area contributed by atoms with Gasteiger partial charge in [-0.1, -0.05) is 0 Å². The Kier molecular flexibility index (Phi) is 3.66. The zero-order chi connectivity index (χ0) is 12.4. The first-order chi connectivity index (χ1) is 8.84. The maximum Gasteiger partial charge on any atom is 0.0492 e. The van der Waals surface area contributed by atoms with E-state index in [1.165, 1.54) is 51.0 Å². The van der Waals surface area contributed by atoms with Crippen LogP contribution in [0.4, 0.5) is 0 Å². The van der Waals surface area contributed by atoms with Crippen molar-refractivity contribution < 1.29 is 0 Å². The van der Waals surface area contributed by atoms with Crippen molar-refractivity contribution in [2.24, 2.45) is 7.05 Å². The lowest BCUT2D eigenvalue weighted by Crippen LogP contribution is -2.44. The first-order valence-electron chi connectivity index (χ1n) is 7.29. The van der Waals surface area contributed by atoms with Crippen LogP contribution in [0, 0.1) is 0 Å². The summed E-state index contributed by atoms with van der Waals surface area (Å²) in [5.41, 5.74) is 1.35. The maximum absolute atomic E-state index is 4.24. The van der Waals surface area contributed by atoms with Gasteiger partial charge in [0.2, 0.25) is 0 Å². The number of hydrogen-bond acceptors (Lipinski definition) is 3. The lowest BCUT2D eigenvalue weighted by Gasteiger charge is -2.29. The van der Waals surface area contributed by atoms with Gasteiger partial charge in [0.05, 0.1) is 0 Å². The standard InChI is InChI=1S/C14H24N4/c1-17-12(6-9-16-17)7-11-18-10-3-5-14(18)13-4-2-8-15-13/h6,9,13-15H,2-5,7-8,10-11H2,1H3. The number of aromatic nitrogens is 2. The Bertz CT molecular complexity index is 381. The van der Waals surface area contributed by atoms with E-state index in [4.69, 9.17) is 0 Å². The second kappa shape index (κ2) is 5.41. The minimum absolute atomic E-state index is 0.749. The van der Waals surface area contributed by atoms with Crippen molar-refractivity contribution in [2.75, 3.05) is 19.6 Å². The summed E-state index contributed by atoms with van der Waals surface area (Å²) in [5.74, 6) is 0. The number of rotatable bonds is 4. The van der Waals surface area contributed by atoms with Gasteiger partial charge in [-0.3, -0.25) is 9.58 Å². The molecule has 2 aliphatic rings. The molecular weight excluding hydrogens is 224 g/mol. The number of aryl methyl sites for hydroxylation is 1. The fraction of sp³-hybridized carbons (Fsp3) is 0.786. The van der Waals surface area contributed by atoms with Crippen molar-refractivity contribution in [1.29, 1.82) is 0 Å². The highest BCUT2D eigenvalue weighted by atomic mass is 15.3. The highest BCUT2D eigenvalue weighted by molar-refractivity contribution is 5.01. The summed E-state index contributed by atoms with van der Waals surface area (Å²) in [6.45, 7) is 3.68. The van der Waals surface area contributed by atoms with Gasteiger partial charge in [-0.2, -0.15) is 5.10 Å². The van der Waals surface area contributed by atoms with Gasteiger partial charge in [0, 0.05) is 44.0 Å². The number of likely N-dealkylation sites (tertiary alicyclic amines) is 1. The minimum atomic E-state index is 0.749. The summed E-state index contributed by atoms with van der Waals surface area (Å²) in [4.78, 5) is 2.69. The molecule has 0 bridgehead atoms. The first-order valence-corrected chi connectivity index (χ1v) is 7.29. The third-order valence-corrected chi connectivity index (χ3v) is 4.55. The highest BCUT2D eigenvalue weighted by Gasteiger charge is 2.32. The van der Waals surface area contributed by atoms with Crippen molar-refractivity contribution in [3.63, 3.8) is 0 Å². The molecule has 0 radical (unpaired) electrons. The van der Waals surface area contributed by atoms with E-state index in [0.29, 0.717) is 0 Å². The van der Waals surface area contributed by atoms with Gasteiger partial charge in [0.25, 0.3) is 0 Å². The molecule has 2 saturated heterocycles. The molecule has 1 N–H and O–H groups in total. The first kappa shape index (κ1) is 12.2. The predicted molar refractivity (Wildman–Crippen MR) is 72.5 cm³/mol. The summed E-state index contributed by atoms with van der Waals surface area (Å²) in [5, 5.41) is 7.92.